The van der Waals surface area contributed by atoms with Crippen LogP contribution in [0.25, 0.3) is 16.8 Å². The minimum atomic E-state index is -0.611. The lowest BCUT2D eigenvalue weighted by atomic mass is 10.0. The Balaban J connectivity index is 1.55. The third-order valence-electron chi connectivity index (χ3n) is 5.92. The lowest BCUT2D eigenvalue weighted by molar-refractivity contribution is -0.130. The first kappa shape index (κ1) is 18.3. The van der Waals surface area contributed by atoms with Gasteiger partial charge in [0, 0.05) is 42.4 Å². The number of amides is 2. The molecule has 7 nitrogen and oxygen atoms in total. The van der Waals surface area contributed by atoms with Crippen LogP contribution in [0.5, 0.6) is 5.75 Å². The van der Waals surface area contributed by atoms with Crippen LogP contribution in [-0.2, 0) is 4.79 Å². The molecule has 1 unspecified atom stereocenters. The molecule has 0 spiro atoms. The van der Waals surface area contributed by atoms with Gasteiger partial charge >= 0.3 is 0 Å². The van der Waals surface area contributed by atoms with Gasteiger partial charge in [0.25, 0.3) is 5.91 Å². The summed E-state index contributed by atoms with van der Waals surface area (Å²) in [6.45, 7) is 0. The van der Waals surface area contributed by atoms with Crippen molar-refractivity contribution >= 4 is 17.3 Å². The van der Waals surface area contributed by atoms with Crippen LogP contribution in [0.2, 0.25) is 0 Å². The predicted molar refractivity (Wildman–Crippen MR) is 111 cm³/mol. The van der Waals surface area contributed by atoms with Gasteiger partial charge in [0.15, 0.2) is 0 Å². The zero-order valence-corrected chi connectivity index (χ0v) is 16.6. The van der Waals surface area contributed by atoms with E-state index < -0.39 is 5.91 Å². The van der Waals surface area contributed by atoms with Gasteiger partial charge in [-0.3, -0.25) is 14.0 Å². The fourth-order valence-corrected chi connectivity index (χ4v) is 4.22. The summed E-state index contributed by atoms with van der Waals surface area (Å²) >= 11 is 0. The number of nitrogens with zero attached hydrogens (tertiary/aromatic N) is 3. The number of carbonyl (C=O) groups is 2. The summed E-state index contributed by atoms with van der Waals surface area (Å²) in [4.78, 5) is 30.4. The molecule has 1 aliphatic heterocycles. The van der Waals surface area contributed by atoms with Gasteiger partial charge in [-0.05, 0) is 24.6 Å². The van der Waals surface area contributed by atoms with E-state index in [2.05, 4.69) is 16.8 Å². The highest BCUT2D eigenvalue weighted by atomic mass is 16.5. The molecule has 30 heavy (non-hydrogen) atoms. The Hall–Kier alpha value is -3.79. The number of hydrogen-bond acceptors (Lipinski definition) is 4. The number of primary amides is 1. The Kier molecular flexibility index (Phi) is 4.03. The Morgan fingerprint density at radius 2 is 2.13 bits per heavy atom. The van der Waals surface area contributed by atoms with Gasteiger partial charge in [0.05, 0.1) is 18.3 Å². The molecule has 2 aromatic heterocycles. The molecule has 2 fully saturated rings. The summed E-state index contributed by atoms with van der Waals surface area (Å²) in [6, 6.07) is 11.5. The Bertz CT molecular complexity index is 1270. The standard InChI is InChI=1S/C23H20N4O3/c1-26-18-12-17(18)16(23(26)29)7-6-13-4-3-5-14(10-13)20-19-11-15(30-2)8-9-27(19)22(25-20)21(24)28/h3-5,8-11,16-18H,12H2,1-2H3,(H2,24,28)/t16?,17-,18-/m1/s1. The van der Waals surface area contributed by atoms with Crippen molar-refractivity contribution in [2.45, 2.75) is 12.5 Å². The molecule has 1 aromatic carbocycles. The van der Waals surface area contributed by atoms with Crippen LogP contribution in [0.15, 0.2) is 42.6 Å². The topological polar surface area (TPSA) is 89.9 Å². The van der Waals surface area contributed by atoms with Crippen molar-refractivity contribution in [1.29, 1.82) is 0 Å². The number of benzene rings is 1. The van der Waals surface area contributed by atoms with Crippen LogP contribution in [-0.4, -0.2) is 46.3 Å². The van der Waals surface area contributed by atoms with E-state index >= 15 is 0 Å². The molecule has 2 aliphatic rings. The van der Waals surface area contributed by atoms with Gasteiger partial charge in [-0.1, -0.05) is 24.0 Å². The van der Waals surface area contributed by atoms with E-state index in [-0.39, 0.29) is 17.6 Å². The second-order valence-electron chi connectivity index (χ2n) is 7.71. The first-order chi connectivity index (χ1) is 14.5. The van der Waals surface area contributed by atoms with E-state index in [9.17, 15) is 9.59 Å². The van der Waals surface area contributed by atoms with E-state index in [4.69, 9.17) is 10.5 Å². The second kappa shape index (κ2) is 6.63. The minimum Gasteiger partial charge on any atom is -0.497 e. The fraction of sp³-hybridized carbons (Fsp3) is 0.261. The molecule has 0 bridgehead atoms. The fourth-order valence-electron chi connectivity index (χ4n) is 4.22. The van der Waals surface area contributed by atoms with Gasteiger partial charge in [-0.15, -0.1) is 0 Å². The summed E-state index contributed by atoms with van der Waals surface area (Å²) in [5.41, 5.74) is 8.44. The highest BCUT2D eigenvalue weighted by Crippen LogP contribution is 2.47. The third-order valence-corrected chi connectivity index (χ3v) is 5.92. The van der Waals surface area contributed by atoms with Crippen LogP contribution >= 0.6 is 0 Å². The molecule has 150 valence electrons. The number of piperidine rings is 1. The molecule has 3 aromatic rings. The zero-order valence-electron chi connectivity index (χ0n) is 16.6. The average molecular weight is 400 g/mol. The maximum absolute atomic E-state index is 12.3. The Morgan fingerprint density at radius 3 is 2.83 bits per heavy atom. The summed E-state index contributed by atoms with van der Waals surface area (Å²) in [7, 11) is 3.43. The molecule has 1 saturated heterocycles. The number of pyridine rings is 1. The predicted octanol–water partition coefficient (Wildman–Crippen LogP) is 1.94. The van der Waals surface area contributed by atoms with Crippen LogP contribution < -0.4 is 10.5 Å². The highest BCUT2D eigenvalue weighted by Gasteiger charge is 2.56. The molecule has 3 atom stereocenters. The van der Waals surface area contributed by atoms with E-state index in [1.165, 1.54) is 0 Å². The van der Waals surface area contributed by atoms with Crippen LogP contribution in [0.3, 0.4) is 0 Å². The van der Waals surface area contributed by atoms with Crippen LogP contribution in [0, 0.1) is 23.7 Å². The maximum Gasteiger partial charge on any atom is 0.285 e. The van der Waals surface area contributed by atoms with Crippen molar-refractivity contribution in [1.82, 2.24) is 14.3 Å². The Morgan fingerprint density at radius 1 is 1.30 bits per heavy atom. The monoisotopic (exact) mass is 400 g/mol. The summed E-state index contributed by atoms with van der Waals surface area (Å²) < 4.78 is 6.97. The summed E-state index contributed by atoms with van der Waals surface area (Å²) in [5.74, 6) is 6.77. The molecule has 7 heteroatoms. The van der Waals surface area contributed by atoms with Crippen LogP contribution in [0.4, 0.5) is 0 Å². The largest absolute Gasteiger partial charge is 0.497 e. The lowest BCUT2D eigenvalue weighted by Crippen LogP contribution is -2.27. The SMILES string of the molecule is COc1ccn2c(C(N)=O)nc(-c3cccc(C#CC4C(=O)N(C)[C@@H]5C[C@H]45)c3)c2c1. The quantitative estimate of drug-likeness (QED) is 0.681. The molecule has 5 rings (SSSR count). The molecular weight excluding hydrogens is 380 g/mol. The number of methoxy groups -OCH3 is 1. The lowest BCUT2D eigenvalue weighted by Gasteiger charge is -2.11. The van der Waals surface area contributed by atoms with Gasteiger partial charge in [-0.25, -0.2) is 4.98 Å². The first-order valence-corrected chi connectivity index (χ1v) is 9.72. The van der Waals surface area contributed by atoms with Gasteiger partial charge in [0.2, 0.25) is 11.7 Å². The number of aromatic nitrogens is 2. The van der Waals surface area contributed by atoms with Crippen molar-refractivity contribution < 1.29 is 14.3 Å². The van der Waals surface area contributed by atoms with Crippen molar-refractivity contribution in [3.05, 3.63) is 54.0 Å². The maximum atomic E-state index is 12.3. The number of carbonyl (C=O) groups excluding carboxylic acids is 2. The number of likely N-dealkylation sites (tertiary alicyclic amines) is 1. The summed E-state index contributed by atoms with van der Waals surface area (Å²) in [5, 5.41) is 0. The number of hydrogen-bond donors (Lipinski definition) is 1. The highest BCUT2D eigenvalue weighted by molar-refractivity contribution is 5.93. The third kappa shape index (κ3) is 2.80. The van der Waals surface area contributed by atoms with Gasteiger partial charge in [-0.2, -0.15) is 0 Å². The normalized spacial score (nSPS) is 21.9. The number of rotatable bonds is 3. The molecule has 1 aliphatic carbocycles. The number of fused-ring (bicyclic) bond motifs is 2. The number of nitrogens with two attached hydrogens (primary N) is 1. The first-order valence-electron chi connectivity index (χ1n) is 9.72. The molecule has 2 amide bonds. The van der Waals surface area contributed by atoms with Crippen molar-refractivity contribution in [2.24, 2.45) is 17.6 Å². The van der Waals surface area contributed by atoms with Crippen LogP contribution in [0.1, 0.15) is 22.6 Å². The Labute approximate surface area is 173 Å². The second-order valence-corrected chi connectivity index (χ2v) is 7.71. The van der Waals surface area contributed by atoms with Crippen molar-refractivity contribution in [2.75, 3.05) is 14.2 Å². The van der Waals surface area contributed by atoms with Gasteiger partial charge in [0.1, 0.15) is 11.7 Å². The average Bonchev–Trinajstić information content (AvgIpc) is 3.38. The molecule has 3 heterocycles. The van der Waals surface area contributed by atoms with E-state index in [0.717, 1.165) is 17.5 Å². The number of imidazole rings is 1. The summed E-state index contributed by atoms with van der Waals surface area (Å²) in [6.07, 6.45) is 2.75. The smallest absolute Gasteiger partial charge is 0.285 e. The minimum absolute atomic E-state index is 0.109. The van der Waals surface area contributed by atoms with E-state index in [0.29, 0.717) is 28.9 Å². The zero-order chi connectivity index (χ0) is 21.0. The molecule has 2 N–H and O–H groups in total. The number of ether oxygens (including phenoxy) is 1. The van der Waals surface area contributed by atoms with E-state index in [1.54, 1.807) is 23.8 Å². The molecule has 1 saturated carbocycles. The van der Waals surface area contributed by atoms with Crippen molar-refractivity contribution in [3.63, 3.8) is 0 Å². The molecular formula is C23H20N4O3. The van der Waals surface area contributed by atoms with Gasteiger partial charge < -0.3 is 15.4 Å². The van der Waals surface area contributed by atoms with Crippen molar-refractivity contribution in [3.8, 4) is 28.8 Å². The molecule has 0 radical (unpaired) electrons. The van der Waals surface area contributed by atoms with E-state index in [1.807, 2.05) is 42.3 Å².